The summed E-state index contributed by atoms with van der Waals surface area (Å²) in [5.41, 5.74) is 2.77. The van der Waals surface area contributed by atoms with Crippen LogP contribution in [0.5, 0.6) is 5.75 Å². The van der Waals surface area contributed by atoms with Crippen LogP contribution in [0.1, 0.15) is 28.5 Å². The number of benzene rings is 1. The Morgan fingerprint density at radius 3 is 3.00 bits per heavy atom. The second-order valence-corrected chi connectivity index (χ2v) is 7.25. The molecule has 1 aromatic heterocycles. The molecule has 0 radical (unpaired) electrons. The van der Waals surface area contributed by atoms with Crippen molar-refractivity contribution in [2.24, 2.45) is 0 Å². The van der Waals surface area contributed by atoms with Crippen molar-refractivity contribution in [2.75, 3.05) is 7.05 Å². The molecule has 0 bridgehead atoms. The van der Waals surface area contributed by atoms with Crippen LogP contribution in [0, 0.1) is 0 Å². The minimum Gasteiger partial charge on any atom is -0.488 e. The summed E-state index contributed by atoms with van der Waals surface area (Å²) in [6.07, 6.45) is 2.27. The minimum absolute atomic E-state index is 0.481. The predicted octanol–water partition coefficient (Wildman–Crippen LogP) is 4.30. The lowest BCUT2D eigenvalue weighted by Crippen LogP contribution is -2.12. The van der Waals surface area contributed by atoms with Gasteiger partial charge in [0.05, 0.1) is 3.79 Å². The van der Waals surface area contributed by atoms with Gasteiger partial charge in [-0.15, -0.1) is 11.3 Å². The van der Waals surface area contributed by atoms with Crippen LogP contribution >= 0.6 is 27.3 Å². The van der Waals surface area contributed by atoms with Gasteiger partial charge in [-0.05, 0) is 65.1 Å². The van der Waals surface area contributed by atoms with E-state index in [1.54, 1.807) is 11.3 Å². The highest BCUT2D eigenvalue weighted by molar-refractivity contribution is 9.11. The average molecular weight is 338 g/mol. The van der Waals surface area contributed by atoms with E-state index < -0.39 is 0 Å². The molecule has 1 aliphatic carbocycles. The lowest BCUT2D eigenvalue weighted by atomic mass is 10.1. The molecule has 1 aliphatic rings. The van der Waals surface area contributed by atoms with E-state index in [1.807, 2.05) is 7.05 Å². The summed E-state index contributed by atoms with van der Waals surface area (Å²) in [5.74, 6) is 1.04. The van der Waals surface area contributed by atoms with Gasteiger partial charge in [-0.1, -0.05) is 12.1 Å². The SMILES string of the molecule is CNC1CCc2c(OCc3ccc(Br)s3)cccc21. The fraction of sp³-hybridized carbons (Fsp3) is 0.333. The lowest BCUT2D eigenvalue weighted by molar-refractivity contribution is 0.307. The van der Waals surface area contributed by atoms with Gasteiger partial charge in [-0.25, -0.2) is 0 Å². The maximum atomic E-state index is 6.00. The van der Waals surface area contributed by atoms with Crippen LogP contribution in [-0.4, -0.2) is 7.05 Å². The molecule has 2 nitrogen and oxygen atoms in total. The molecular weight excluding hydrogens is 322 g/mol. The predicted molar refractivity (Wildman–Crippen MR) is 82.9 cm³/mol. The molecule has 1 aromatic carbocycles. The second kappa shape index (κ2) is 5.65. The van der Waals surface area contributed by atoms with E-state index in [2.05, 4.69) is 51.6 Å². The Labute approximate surface area is 125 Å². The first-order valence-corrected chi connectivity index (χ1v) is 8.05. The Kier molecular flexibility index (Phi) is 3.91. The van der Waals surface area contributed by atoms with Crippen LogP contribution in [0.2, 0.25) is 0 Å². The molecule has 1 N–H and O–H groups in total. The molecule has 100 valence electrons. The molecule has 0 amide bonds. The topological polar surface area (TPSA) is 21.3 Å². The largest absolute Gasteiger partial charge is 0.488 e. The first kappa shape index (κ1) is 13.2. The van der Waals surface area contributed by atoms with Crippen molar-refractivity contribution in [3.63, 3.8) is 0 Å². The quantitative estimate of drug-likeness (QED) is 0.898. The molecule has 1 atom stereocenters. The number of hydrogen-bond donors (Lipinski definition) is 1. The molecule has 4 heteroatoms. The Bertz CT molecular complexity index is 581. The first-order valence-electron chi connectivity index (χ1n) is 6.44. The van der Waals surface area contributed by atoms with E-state index in [0.717, 1.165) is 22.4 Å². The summed E-state index contributed by atoms with van der Waals surface area (Å²) in [4.78, 5) is 1.24. The molecule has 0 saturated heterocycles. The van der Waals surface area contributed by atoms with Gasteiger partial charge in [-0.2, -0.15) is 0 Å². The van der Waals surface area contributed by atoms with Crippen LogP contribution in [0.4, 0.5) is 0 Å². The number of rotatable bonds is 4. The zero-order valence-corrected chi connectivity index (χ0v) is 13.2. The standard InChI is InChI=1S/C15H16BrNOS/c1-17-13-7-6-12-11(13)3-2-4-14(12)18-9-10-5-8-15(16)19-10/h2-5,8,13,17H,6-7,9H2,1H3. The van der Waals surface area contributed by atoms with Crippen molar-refractivity contribution >= 4 is 27.3 Å². The summed E-state index contributed by atoms with van der Waals surface area (Å²) in [7, 11) is 2.02. The van der Waals surface area contributed by atoms with Crippen molar-refractivity contribution in [3.05, 3.63) is 50.1 Å². The summed E-state index contributed by atoms with van der Waals surface area (Å²) in [6, 6.07) is 11.0. The van der Waals surface area contributed by atoms with Crippen molar-refractivity contribution in [2.45, 2.75) is 25.5 Å². The van der Waals surface area contributed by atoms with E-state index in [9.17, 15) is 0 Å². The summed E-state index contributed by atoms with van der Waals surface area (Å²) < 4.78 is 7.16. The third-order valence-electron chi connectivity index (χ3n) is 3.57. The van der Waals surface area contributed by atoms with Gasteiger partial charge in [0.25, 0.3) is 0 Å². The highest BCUT2D eigenvalue weighted by Gasteiger charge is 2.23. The van der Waals surface area contributed by atoms with E-state index in [4.69, 9.17) is 4.74 Å². The fourth-order valence-corrected chi connectivity index (χ4v) is 4.03. The van der Waals surface area contributed by atoms with Crippen molar-refractivity contribution < 1.29 is 4.74 Å². The van der Waals surface area contributed by atoms with E-state index in [-0.39, 0.29) is 0 Å². The molecule has 1 heterocycles. The number of fused-ring (bicyclic) bond motifs is 1. The van der Waals surface area contributed by atoms with Crippen LogP contribution in [0.15, 0.2) is 34.1 Å². The molecule has 2 aromatic rings. The summed E-state index contributed by atoms with van der Waals surface area (Å²) in [5, 5.41) is 3.36. The van der Waals surface area contributed by atoms with Crippen molar-refractivity contribution in [1.29, 1.82) is 0 Å². The van der Waals surface area contributed by atoms with E-state index >= 15 is 0 Å². The van der Waals surface area contributed by atoms with Gasteiger partial charge >= 0.3 is 0 Å². The molecular formula is C15H16BrNOS. The van der Waals surface area contributed by atoms with E-state index in [0.29, 0.717) is 12.6 Å². The van der Waals surface area contributed by atoms with Gasteiger partial charge in [0.2, 0.25) is 0 Å². The van der Waals surface area contributed by atoms with Crippen LogP contribution < -0.4 is 10.1 Å². The van der Waals surface area contributed by atoms with Gasteiger partial charge in [-0.3, -0.25) is 0 Å². The minimum atomic E-state index is 0.481. The van der Waals surface area contributed by atoms with E-state index in [1.165, 1.54) is 16.0 Å². The fourth-order valence-electron chi connectivity index (χ4n) is 2.63. The van der Waals surface area contributed by atoms with Crippen LogP contribution in [-0.2, 0) is 13.0 Å². The van der Waals surface area contributed by atoms with Gasteiger partial charge in [0.1, 0.15) is 12.4 Å². The number of thiophene rings is 1. The number of ether oxygens (including phenoxy) is 1. The second-order valence-electron chi connectivity index (χ2n) is 4.70. The average Bonchev–Trinajstić information content (AvgIpc) is 3.02. The maximum Gasteiger partial charge on any atom is 0.123 e. The Morgan fingerprint density at radius 2 is 2.26 bits per heavy atom. The first-order chi connectivity index (χ1) is 9.28. The third-order valence-corrected chi connectivity index (χ3v) is 5.17. The van der Waals surface area contributed by atoms with Crippen LogP contribution in [0.3, 0.4) is 0 Å². The zero-order chi connectivity index (χ0) is 13.2. The zero-order valence-electron chi connectivity index (χ0n) is 10.8. The van der Waals surface area contributed by atoms with Crippen LogP contribution in [0.25, 0.3) is 0 Å². The van der Waals surface area contributed by atoms with Crippen molar-refractivity contribution in [3.8, 4) is 5.75 Å². The number of nitrogens with one attached hydrogen (secondary N) is 1. The molecule has 1 unspecified atom stereocenters. The molecule has 19 heavy (non-hydrogen) atoms. The monoisotopic (exact) mass is 337 g/mol. The Balaban J connectivity index is 1.77. The maximum absolute atomic E-state index is 6.00. The van der Waals surface area contributed by atoms with Gasteiger partial charge in [0.15, 0.2) is 0 Å². The molecule has 0 aliphatic heterocycles. The third kappa shape index (κ3) is 2.71. The summed E-state index contributed by atoms with van der Waals surface area (Å²) >= 11 is 5.20. The highest BCUT2D eigenvalue weighted by Crippen LogP contribution is 2.37. The highest BCUT2D eigenvalue weighted by atomic mass is 79.9. The molecule has 0 fully saturated rings. The number of hydrogen-bond acceptors (Lipinski definition) is 3. The molecule has 0 spiro atoms. The summed E-state index contributed by atoms with van der Waals surface area (Å²) in [6.45, 7) is 0.650. The normalized spacial score (nSPS) is 17.5. The molecule has 3 rings (SSSR count). The van der Waals surface area contributed by atoms with Crippen molar-refractivity contribution in [1.82, 2.24) is 5.32 Å². The smallest absolute Gasteiger partial charge is 0.123 e. The Hall–Kier alpha value is -0.840. The number of halogens is 1. The van der Waals surface area contributed by atoms with Gasteiger partial charge in [0, 0.05) is 10.9 Å². The van der Waals surface area contributed by atoms with Gasteiger partial charge < -0.3 is 10.1 Å². The Morgan fingerprint density at radius 1 is 1.37 bits per heavy atom. The lowest BCUT2D eigenvalue weighted by Gasteiger charge is -2.12. The molecule has 0 saturated carbocycles.